The van der Waals surface area contributed by atoms with Crippen molar-refractivity contribution in [1.82, 2.24) is 0 Å². The van der Waals surface area contributed by atoms with Gasteiger partial charge < -0.3 is 4.74 Å². The summed E-state index contributed by atoms with van der Waals surface area (Å²) in [5.74, 6) is -7.48. The van der Waals surface area contributed by atoms with Gasteiger partial charge >= 0.3 is 12.1 Å². The van der Waals surface area contributed by atoms with E-state index in [1.165, 1.54) is 31.4 Å². The van der Waals surface area contributed by atoms with E-state index >= 15 is 0 Å². The number of para-hydroxylation sites is 1. The van der Waals surface area contributed by atoms with E-state index in [0.717, 1.165) is 0 Å². The first-order valence-electron chi connectivity index (χ1n) is 4.80. The Balaban J connectivity index is 2.95. The monoisotopic (exact) mass is 268 g/mol. The molecule has 0 heterocycles. The van der Waals surface area contributed by atoms with Crippen LogP contribution in [0.1, 0.15) is 5.56 Å². The van der Waals surface area contributed by atoms with Crippen molar-refractivity contribution in [2.45, 2.75) is 18.5 Å². The Kier molecular flexibility index (Phi) is 3.93. The van der Waals surface area contributed by atoms with Gasteiger partial charge in [0, 0.05) is 12.0 Å². The van der Waals surface area contributed by atoms with Gasteiger partial charge in [-0.05, 0) is 6.07 Å². The van der Waals surface area contributed by atoms with Crippen molar-refractivity contribution in [3.63, 3.8) is 0 Å². The molecule has 0 atom stereocenters. The summed E-state index contributed by atoms with van der Waals surface area (Å²) in [5.41, 5.74) is -0.0195. The van der Waals surface area contributed by atoms with Crippen molar-refractivity contribution in [2.24, 2.45) is 0 Å². The lowest BCUT2D eigenvalue weighted by Crippen LogP contribution is -2.44. The van der Waals surface area contributed by atoms with Gasteiger partial charge in [0.25, 0.3) is 0 Å². The number of hydrogen-bond donors (Lipinski definition) is 0. The third kappa shape index (κ3) is 2.77. The van der Waals surface area contributed by atoms with Crippen LogP contribution in [-0.2, 0) is 11.2 Å². The number of ether oxygens (including phenoxy) is 1. The largest absolute Gasteiger partial charge is 0.496 e. The smallest absolute Gasteiger partial charge is 0.461 e. The minimum absolute atomic E-state index is 0.0195. The number of carbonyl (C=O) groups is 1. The maximum Gasteiger partial charge on any atom is 0.461 e. The van der Waals surface area contributed by atoms with Crippen LogP contribution < -0.4 is 4.74 Å². The second-order valence-electron chi connectivity index (χ2n) is 3.48. The van der Waals surface area contributed by atoms with E-state index in [1.54, 1.807) is 0 Å². The third-order valence-corrected chi connectivity index (χ3v) is 2.25. The molecule has 0 saturated carbocycles. The van der Waals surface area contributed by atoms with Gasteiger partial charge in [0.2, 0.25) is 5.78 Å². The van der Waals surface area contributed by atoms with Crippen LogP contribution in [0.2, 0.25) is 0 Å². The quantitative estimate of drug-likeness (QED) is 0.785. The van der Waals surface area contributed by atoms with Crippen LogP contribution in [-0.4, -0.2) is 25.0 Å². The van der Waals surface area contributed by atoms with Crippen LogP contribution >= 0.6 is 0 Å². The highest BCUT2D eigenvalue weighted by molar-refractivity contribution is 5.88. The van der Waals surface area contributed by atoms with Crippen LogP contribution in [0.4, 0.5) is 22.0 Å². The highest BCUT2D eigenvalue weighted by atomic mass is 19.4. The number of methoxy groups -OCH3 is 1. The van der Waals surface area contributed by atoms with Gasteiger partial charge in [-0.2, -0.15) is 22.0 Å². The average molecular weight is 268 g/mol. The molecule has 1 aromatic carbocycles. The Labute approximate surface area is 99.4 Å². The van der Waals surface area contributed by atoms with Crippen LogP contribution in [0.5, 0.6) is 5.75 Å². The first kappa shape index (κ1) is 14.4. The molecule has 2 nitrogen and oxygen atoms in total. The van der Waals surface area contributed by atoms with Gasteiger partial charge in [-0.15, -0.1) is 0 Å². The molecule has 0 spiro atoms. The number of carbonyl (C=O) groups excluding carboxylic acids is 1. The Morgan fingerprint density at radius 3 is 2.22 bits per heavy atom. The molecule has 1 rings (SSSR count). The zero-order valence-corrected chi connectivity index (χ0v) is 9.22. The van der Waals surface area contributed by atoms with Crippen molar-refractivity contribution < 1.29 is 31.5 Å². The Morgan fingerprint density at radius 1 is 1.17 bits per heavy atom. The fraction of sp³-hybridized carbons (Fsp3) is 0.364. The second-order valence-corrected chi connectivity index (χ2v) is 3.48. The molecular formula is C11H9F5O2. The Hall–Kier alpha value is -1.66. The van der Waals surface area contributed by atoms with E-state index in [-0.39, 0.29) is 11.3 Å². The number of rotatable bonds is 4. The number of hydrogen-bond acceptors (Lipinski definition) is 2. The summed E-state index contributed by atoms with van der Waals surface area (Å²) >= 11 is 0. The van der Waals surface area contributed by atoms with Crippen LogP contribution in [0.15, 0.2) is 24.3 Å². The number of halogens is 5. The highest BCUT2D eigenvalue weighted by Gasteiger charge is 2.62. The van der Waals surface area contributed by atoms with Crippen molar-refractivity contribution in [2.75, 3.05) is 7.11 Å². The molecule has 0 amide bonds. The second kappa shape index (κ2) is 4.91. The van der Waals surface area contributed by atoms with Crippen molar-refractivity contribution in [3.8, 4) is 5.75 Å². The first-order chi connectivity index (χ1) is 8.20. The molecule has 0 N–H and O–H groups in total. The molecule has 0 fully saturated rings. The average Bonchev–Trinajstić information content (AvgIpc) is 2.28. The molecule has 0 saturated heterocycles. The molecule has 0 unspecified atom stereocenters. The summed E-state index contributed by atoms with van der Waals surface area (Å²) in [4.78, 5) is 11.0. The summed E-state index contributed by atoms with van der Waals surface area (Å²) < 4.78 is 66.1. The lowest BCUT2D eigenvalue weighted by Gasteiger charge is -2.18. The number of alkyl halides is 5. The lowest BCUT2D eigenvalue weighted by molar-refractivity contribution is -0.268. The Morgan fingerprint density at radius 2 is 1.72 bits per heavy atom. The van der Waals surface area contributed by atoms with E-state index in [2.05, 4.69) is 0 Å². The summed E-state index contributed by atoms with van der Waals surface area (Å²) in [6.07, 6.45) is -6.93. The summed E-state index contributed by atoms with van der Waals surface area (Å²) in [5, 5.41) is 0. The third-order valence-electron chi connectivity index (χ3n) is 2.25. The van der Waals surface area contributed by atoms with Crippen molar-refractivity contribution in [3.05, 3.63) is 29.8 Å². The van der Waals surface area contributed by atoms with Gasteiger partial charge in [-0.3, -0.25) is 4.79 Å². The number of Topliss-reactive ketones (excluding diaryl/α,β-unsaturated/α-hetero) is 1. The minimum atomic E-state index is -5.88. The molecule has 100 valence electrons. The molecule has 0 bridgehead atoms. The first-order valence-corrected chi connectivity index (χ1v) is 4.80. The maximum atomic E-state index is 12.7. The molecule has 7 heteroatoms. The highest BCUT2D eigenvalue weighted by Crippen LogP contribution is 2.37. The van der Waals surface area contributed by atoms with Gasteiger partial charge in [0.15, 0.2) is 0 Å². The molecule has 0 radical (unpaired) electrons. The van der Waals surface area contributed by atoms with E-state index in [4.69, 9.17) is 4.74 Å². The SMILES string of the molecule is COc1ccccc1CC(=O)C(F)(F)C(F)(F)F. The van der Waals surface area contributed by atoms with E-state index in [1.807, 2.05) is 0 Å². The van der Waals surface area contributed by atoms with Gasteiger partial charge in [0.1, 0.15) is 5.75 Å². The molecular weight excluding hydrogens is 259 g/mol. The molecule has 1 aromatic rings. The number of ketones is 1. The fourth-order valence-corrected chi connectivity index (χ4v) is 1.29. The van der Waals surface area contributed by atoms with Crippen LogP contribution in [0.25, 0.3) is 0 Å². The topological polar surface area (TPSA) is 26.3 Å². The maximum absolute atomic E-state index is 12.7. The van der Waals surface area contributed by atoms with Crippen molar-refractivity contribution >= 4 is 5.78 Å². The minimum Gasteiger partial charge on any atom is -0.496 e. The van der Waals surface area contributed by atoms with Crippen LogP contribution in [0.3, 0.4) is 0 Å². The zero-order valence-electron chi connectivity index (χ0n) is 9.22. The predicted octanol–water partition coefficient (Wildman–Crippen LogP) is 3.00. The van der Waals surface area contributed by atoms with E-state index in [9.17, 15) is 26.7 Å². The zero-order chi connectivity index (χ0) is 14.0. The standard InChI is InChI=1S/C11H9F5O2/c1-18-8-5-3-2-4-7(8)6-9(17)10(12,13)11(14,15)16/h2-5H,6H2,1H3. The predicted molar refractivity (Wildman–Crippen MR) is 52.7 cm³/mol. The Bertz CT molecular complexity index is 439. The van der Waals surface area contributed by atoms with Gasteiger partial charge in [-0.1, -0.05) is 18.2 Å². The van der Waals surface area contributed by atoms with Gasteiger partial charge in [0.05, 0.1) is 7.11 Å². The normalized spacial score (nSPS) is 12.3. The summed E-state index contributed by atoms with van der Waals surface area (Å²) in [6.45, 7) is 0. The molecule has 0 aliphatic carbocycles. The van der Waals surface area contributed by atoms with Crippen molar-refractivity contribution in [1.29, 1.82) is 0 Å². The summed E-state index contributed by atoms with van der Waals surface area (Å²) in [7, 11) is 1.23. The van der Waals surface area contributed by atoms with E-state index < -0.39 is 24.3 Å². The fourth-order valence-electron chi connectivity index (χ4n) is 1.29. The summed E-state index contributed by atoms with van der Waals surface area (Å²) in [6, 6.07) is 5.54. The lowest BCUT2D eigenvalue weighted by atomic mass is 10.0. The van der Waals surface area contributed by atoms with Crippen LogP contribution in [0, 0.1) is 0 Å². The molecule has 0 aliphatic heterocycles. The molecule has 0 aliphatic rings. The molecule has 0 aromatic heterocycles. The van der Waals surface area contributed by atoms with E-state index in [0.29, 0.717) is 0 Å². The number of benzene rings is 1. The van der Waals surface area contributed by atoms with Gasteiger partial charge in [-0.25, -0.2) is 0 Å². The molecule has 18 heavy (non-hydrogen) atoms.